The minimum atomic E-state index is -0.346. The number of H-pyrrole nitrogens is 1. The predicted octanol–water partition coefficient (Wildman–Crippen LogP) is 5.02. The van der Waals surface area contributed by atoms with E-state index in [0.717, 1.165) is 4.47 Å². The number of hydrogen-bond donors (Lipinski definition) is 1. The van der Waals surface area contributed by atoms with Crippen molar-refractivity contribution in [2.75, 3.05) is 0 Å². The van der Waals surface area contributed by atoms with Crippen LogP contribution in [0.3, 0.4) is 0 Å². The van der Waals surface area contributed by atoms with Gasteiger partial charge < -0.3 is 4.98 Å². The Labute approximate surface area is 134 Å². The van der Waals surface area contributed by atoms with E-state index in [0.29, 0.717) is 28.6 Å². The number of carbonyl (C=O) groups excluding carboxylic acids is 1. The Kier molecular flexibility index (Phi) is 4.07. The molecule has 0 amide bonds. The number of hydrogen-bond acceptors (Lipinski definition) is 1. The first-order valence-corrected chi connectivity index (χ1v) is 7.57. The summed E-state index contributed by atoms with van der Waals surface area (Å²) in [7, 11) is 0. The normalized spacial score (nSPS) is 11.0. The molecule has 0 fully saturated rings. The summed E-state index contributed by atoms with van der Waals surface area (Å²) in [6.07, 6.45) is 0.497. The molecule has 0 unspecified atom stereocenters. The van der Waals surface area contributed by atoms with Gasteiger partial charge in [-0.3, -0.25) is 4.79 Å². The third-order valence-electron chi connectivity index (χ3n) is 3.51. The molecule has 2 nitrogen and oxygen atoms in total. The zero-order chi connectivity index (χ0) is 15.7. The average Bonchev–Trinajstić information content (AvgIpc) is 2.91. The van der Waals surface area contributed by atoms with Gasteiger partial charge in [0, 0.05) is 21.8 Å². The van der Waals surface area contributed by atoms with Crippen LogP contribution in [0.2, 0.25) is 0 Å². The zero-order valence-electron chi connectivity index (χ0n) is 11.5. The fraction of sp³-hybridized carbons (Fsp3) is 0.118. The molecule has 0 spiro atoms. The number of aromatic amines is 1. The molecule has 22 heavy (non-hydrogen) atoms. The lowest BCUT2D eigenvalue weighted by Crippen LogP contribution is -2.02. The van der Waals surface area contributed by atoms with Crippen LogP contribution in [-0.4, -0.2) is 10.8 Å². The monoisotopic (exact) mass is 363 g/mol. The van der Waals surface area contributed by atoms with Gasteiger partial charge in [-0.25, -0.2) is 8.78 Å². The summed E-state index contributed by atoms with van der Waals surface area (Å²) >= 11 is 3.29. The largest absolute Gasteiger partial charge is 0.352 e. The highest BCUT2D eigenvalue weighted by molar-refractivity contribution is 9.10. The Balaban J connectivity index is 1.77. The Bertz CT molecular complexity index is 857. The average molecular weight is 364 g/mol. The maximum atomic E-state index is 13.7. The first-order chi connectivity index (χ1) is 10.5. The molecule has 1 heterocycles. The minimum Gasteiger partial charge on any atom is -0.352 e. The maximum Gasteiger partial charge on any atom is 0.179 e. The van der Waals surface area contributed by atoms with Crippen LogP contribution in [0.25, 0.3) is 10.9 Å². The number of rotatable bonds is 4. The van der Waals surface area contributed by atoms with Gasteiger partial charge in [-0.15, -0.1) is 0 Å². The smallest absolute Gasteiger partial charge is 0.179 e. The molecule has 1 aromatic heterocycles. The van der Waals surface area contributed by atoms with Crippen molar-refractivity contribution >= 4 is 32.6 Å². The number of Topliss-reactive ketones (excluding diaryl/α,β-unsaturated/α-hetero) is 1. The fourth-order valence-corrected chi connectivity index (χ4v) is 2.78. The van der Waals surface area contributed by atoms with Crippen LogP contribution in [0, 0.1) is 11.6 Å². The highest BCUT2D eigenvalue weighted by Crippen LogP contribution is 2.20. The zero-order valence-corrected chi connectivity index (χ0v) is 13.1. The standard InChI is InChI=1S/C17H12BrF2NO/c18-12-2-4-14(20)10(7-12)1-6-17(22)16-9-11-8-13(19)3-5-15(11)21-16/h2-5,7-9,21H,1,6H2. The van der Waals surface area contributed by atoms with E-state index in [1.165, 1.54) is 18.2 Å². The van der Waals surface area contributed by atoms with E-state index in [1.54, 1.807) is 24.3 Å². The van der Waals surface area contributed by atoms with Crippen LogP contribution in [-0.2, 0) is 6.42 Å². The van der Waals surface area contributed by atoms with E-state index in [9.17, 15) is 13.6 Å². The molecule has 112 valence electrons. The SMILES string of the molecule is O=C(CCc1cc(Br)ccc1F)c1cc2cc(F)ccc2[nH]1. The fourth-order valence-electron chi connectivity index (χ4n) is 2.37. The number of halogens is 3. The summed E-state index contributed by atoms with van der Waals surface area (Å²) in [6, 6.07) is 10.6. The molecule has 0 radical (unpaired) electrons. The van der Waals surface area contributed by atoms with Gasteiger partial charge in [0.15, 0.2) is 5.78 Å². The number of benzene rings is 2. The second kappa shape index (κ2) is 6.01. The molecule has 0 aliphatic rings. The van der Waals surface area contributed by atoms with E-state index >= 15 is 0 Å². The molecule has 0 bridgehead atoms. The molecule has 3 rings (SSSR count). The number of aromatic nitrogens is 1. The van der Waals surface area contributed by atoms with Gasteiger partial charge in [0.2, 0.25) is 0 Å². The lowest BCUT2D eigenvalue weighted by molar-refractivity contribution is 0.0978. The van der Waals surface area contributed by atoms with Crippen molar-refractivity contribution in [3.63, 3.8) is 0 Å². The summed E-state index contributed by atoms with van der Waals surface area (Å²) in [4.78, 5) is 15.2. The van der Waals surface area contributed by atoms with E-state index in [1.807, 2.05) is 0 Å². The molecule has 0 aliphatic carbocycles. The van der Waals surface area contributed by atoms with Crippen LogP contribution in [0.15, 0.2) is 46.9 Å². The predicted molar refractivity (Wildman–Crippen MR) is 85.0 cm³/mol. The van der Waals surface area contributed by atoms with Crippen molar-refractivity contribution in [3.8, 4) is 0 Å². The summed E-state index contributed by atoms with van der Waals surface area (Å²) in [6.45, 7) is 0. The van der Waals surface area contributed by atoms with E-state index in [-0.39, 0.29) is 23.8 Å². The van der Waals surface area contributed by atoms with Gasteiger partial charge in [-0.05, 0) is 54.4 Å². The van der Waals surface area contributed by atoms with Crippen LogP contribution in [0.4, 0.5) is 8.78 Å². The van der Waals surface area contributed by atoms with Crippen molar-refractivity contribution in [2.24, 2.45) is 0 Å². The Morgan fingerprint density at radius 1 is 1.09 bits per heavy atom. The highest BCUT2D eigenvalue weighted by Gasteiger charge is 2.12. The van der Waals surface area contributed by atoms with Crippen molar-refractivity contribution in [3.05, 3.63) is 69.8 Å². The number of nitrogens with one attached hydrogen (secondary N) is 1. The quantitative estimate of drug-likeness (QED) is 0.648. The first kappa shape index (κ1) is 14.9. The molecule has 0 saturated carbocycles. The van der Waals surface area contributed by atoms with Gasteiger partial charge in [0.25, 0.3) is 0 Å². The Morgan fingerprint density at radius 2 is 1.91 bits per heavy atom. The number of fused-ring (bicyclic) bond motifs is 1. The van der Waals surface area contributed by atoms with E-state index in [2.05, 4.69) is 20.9 Å². The molecule has 2 aromatic carbocycles. The number of aryl methyl sites for hydroxylation is 1. The molecule has 1 N–H and O–H groups in total. The molecule has 0 atom stereocenters. The lowest BCUT2D eigenvalue weighted by Gasteiger charge is -2.03. The summed E-state index contributed by atoms with van der Waals surface area (Å²) in [5, 5.41) is 0.650. The van der Waals surface area contributed by atoms with Crippen LogP contribution in [0.5, 0.6) is 0 Å². The third kappa shape index (κ3) is 3.09. The van der Waals surface area contributed by atoms with Crippen LogP contribution >= 0.6 is 15.9 Å². The van der Waals surface area contributed by atoms with Crippen molar-refractivity contribution in [1.82, 2.24) is 4.98 Å². The van der Waals surface area contributed by atoms with Crippen molar-refractivity contribution in [2.45, 2.75) is 12.8 Å². The summed E-state index contributed by atoms with van der Waals surface area (Å²) < 4.78 is 27.6. The summed E-state index contributed by atoms with van der Waals surface area (Å²) in [5.41, 5.74) is 1.61. The lowest BCUT2D eigenvalue weighted by atomic mass is 10.1. The van der Waals surface area contributed by atoms with Gasteiger partial charge in [0.1, 0.15) is 11.6 Å². The molecular weight excluding hydrogens is 352 g/mol. The highest BCUT2D eigenvalue weighted by atomic mass is 79.9. The molecule has 3 aromatic rings. The Hall–Kier alpha value is -2.01. The maximum absolute atomic E-state index is 13.7. The van der Waals surface area contributed by atoms with Crippen molar-refractivity contribution < 1.29 is 13.6 Å². The molecular formula is C17H12BrF2NO. The van der Waals surface area contributed by atoms with E-state index < -0.39 is 0 Å². The van der Waals surface area contributed by atoms with Crippen LogP contribution in [0.1, 0.15) is 22.5 Å². The third-order valence-corrected chi connectivity index (χ3v) is 4.01. The van der Waals surface area contributed by atoms with Gasteiger partial charge in [0.05, 0.1) is 5.69 Å². The topological polar surface area (TPSA) is 32.9 Å². The van der Waals surface area contributed by atoms with Crippen molar-refractivity contribution in [1.29, 1.82) is 0 Å². The number of ketones is 1. The first-order valence-electron chi connectivity index (χ1n) is 6.78. The second-order valence-corrected chi connectivity index (χ2v) is 5.99. The Morgan fingerprint density at radius 3 is 2.73 bits per heavy atom. The van der Waals surface area contributed by atoms with Gasteiger partial charge in [-0.1, -0.05) is 15.9 Å². The number of carbonyl (C=O) groups is 1. The van der Waals surface area contributed by atoms with Gasteiger partial charge >= 0.3 is 0 Å². The van der Waals surface area contributed by atoms with E-state index in [4.69, 9.17) is 0 Å². The molecule has 0 saturated heterocycles. The van der Waals surface area contributed by atoms with Gasteiger partial charge in [-0.2, -0.15) is 0 Å². The van der Waals surface area contributed by atoms with Crippen LogP contribution < -0.4 is 0 Å². The summed E-state index contributed by atoms with van der Waals surface area (Å²) in [5.74, 6) is -0.799. The molecule has 5 heteroatoms. The second-order valence-electron chi connectivity index (χ2n) is 5.07. The minimum absolute atomic E-state index is 0.129. The molecule has 0 aliphatic heterocycles.